The van der Waals surface area contributed by atoms with Gasteiger partial charge in [0, 0.05) is 16.3 Å². The van der Waals surface area contributed by atoms with Gasteiger partial charge in [-0.3, -0.25) is 0 Å². The Bertz CT molecular complexity index is 578. The lowest BCUT2D eigenvalue weighted by atomic mass is 10.3. The maximum Gasteiger partial charge on any atom is 0.224 e. The fraction of sp³-hybridized carbons (Fsp3) is 0.231. The maximum atomic E-state index is 5.82. The van der Waals surface area contributed by atoms with Crippen LogP contribution in [0.1, 0.15) is 13.8 Å². The fourth-order valence-electron chi connectivity index (χ4n) is 1.49. The van der Waals surface area contributed by atoms with Crippen molar-refractivity contribution >= 4 is 50.8 Å². The molecule has 0 atom stereocenters. The van der Waals surface area contributed by atoms with E-state index in [-0.39, 0.29) is 5.28 Å². The highest BCUT2D eigenvalue weighted by Gasteiger charge is 2.08. The van der Waals surface area contributed by atoms with Crippen LogP contribution in [0.15, 0.2) is 39.8 Å². The molecule has 1 heterocycles. The van der Waals surface area contributed by atoms with Gasteiger partial charge in [-0.05, 0) is 39.7 Å². The molecule has 3 nitrogen and oxygen atoms in total. The van der Waals surface area contributed by atoms with Crippen LogP contribution in [-0.4, -0.2) is 15.2 Å². The molecule has 0 bridgehead atoms. The van der Waals surface area contributed by atoms with Gasteiger partial charge in [0.2, 0.25) is 5.28 Å². The van der Waals surface area contributed by atoms with Crippen LogP contribution < -0.4 is 5.32 Å². The first-order valence-corrected chi connectivity index (χ1v) is 7.82. The number of benzene rings is 1. The van der Waals surface area contributed by atoms with Crippen LogP contribution in [0, 0.1) is 0 Å². The SMILES string of the molecule is CC(C)Sc1ccccc1Nc1nc(Cl)ncc1Br. The van der Waals surface area contributed by atoms with E-state index >= 15 is 0 Å². The highest BCUT2D eigenvalue weighted by Crippen LogP contribution is 2.33. The Morgan fingerprint density at radius 3 is 2.79 bits per heavy atom. The van der Waals surface area contributed by atoms with Gasteiger partial charge in [-0.2, -0.15) is 4.98 Å². The summed E-state index contributed by atoms with van der Waals surface area (Å²) in [5.74, 6) is 0.664. The van der Waals surface area contributed by atoms with Crippen molar-refractivity contribution in [2.45, 2.75) is 24.0 Å². The van der Waals surface area contributed by atoms with E-state index in [0.717, 1.165) is 10.2 Å². The number of aromatic nitrogens is 2. The van der Waals surface area contributed by atoms with E-state index in [1.54, 1.807) is 18.0 Å². The summed E-state index contributed by atoms with van der Waals surface area (Å²) in [5.41, 5.74) is 1.01. The zero-order chi connectivity index (χ0) is 13.8. The van der Waals surface area contributed by atoms with Crippen molar-refractivity contribution in [2.24, 2.45) is 0 Å². The van der Waals surface area contributed by atoms with Crippen LogP contribution in [0.25, 0.3) is 0 Å². The van der Waals surface area contributed by atoms with Crippen LogP contribution in [0.2, 0.25) is 5.28 Å². The molecule has 0 saturated carbocycles. The van der Waals surface area contributed by atoms with Gasteiger partial charge < -0.3 is 5.32 Å². The van der Waals surface area contributed by atoms with Gasteiger partial charge in [-0.1, -0.05) is 26.0 Å². The van der Waals surface area contributed by atoms with Crippen molar-refractivity contribution in [3.05, 3.63) is 40.2 Å². The van der Waals surface area contributed by atoms with E-state index in [2.05, 4.69) is 51.1 Å². The predicted molar refractivity (Wildman–Crippen MR) is 85.5 cm³/mol. The lowest BCUT2D eigenvalue weighted by molar-refractivity contribution is 1.11. The number of hydrogen-bond acceptors (Lipinski definition) is 4. The topological polar surface area (TPSA) is 37.8 Å². The van der Waals surface area contributed by atoms with E-state index in [1.807, 2.05) is 18.2 Å². The van der Waals surface area contributed by atoms with Crippen molar-refractivity contribution in [1.29, 1.82) is 0 Å². The van der Waals surface area contributed by atoms with Crippen molar-refractivity contribution < 1.29 is 0 Å². The third-order valence-corrected chi connectivity index (χ3v) is 4.06. The molecular weight excluding hydrogens is 346 g/mol. The molecule has 0 spiro atoms. The number of rotatable bonds is 4. The average molecular weight is 359 g/mol. The van der Waals surface area contributed by atoms with Crippen LogP contribution in [0.4, 0.5) is 11.5 Å². The molecule has 0 saturated heterocycles. The van der Waals surface area contributed by atoms with Crippen LogP contribution >= 0.6 is 39.3 Å². The summed E-state index contributed by atoms with van der Waals surface area (Å²) in [5, 5.41) is 4.02. The molecule has 0 amide bonds. The van der Waals surface area contributed by atoms with Gasteiger partial charge in [-0.15, -0.1) is 11.8 Å². The Morgan fingerprint density at radius 1 is 1.32 bits per heavy atom. The van der Waals surface area contributed by atoms with Gasteiger partial charge in [0.1, 0.15) is 5.82 Å². The second-order valence-corrected chi connectivity index (χ2v) is 6.93. The number of thioether (sulfide) groups is 1. The summed E-state index contributed by atoms with van der Waals surface area (Å²) in [6, 6.07) is 8.12. The number of nitrogens with zero attached hydrogens (tertiary/aromatic N) is 2. The lowest BCUT2D eigenvalue weighted by Gasteiger charge is -2.13. The van der Waals surface area contributed by atoms with Crippen molar-refractivity contribution in [3.8, 4) is 0 Å². The lowest BCUT2D eigenvalue weighted by Crippen LogP contribution is -1.98. The van der Waals surface area contributed by atoms with E-state index < -0.39 is 0 Å². The van der Waals surface area contributed by atoms with Crippen LogP contribution in [0.5, 0.6) is 0 Å². The molecule has 0 aliphatic rings. The fourth-order valence-corrected chi connectivity index (χ4v) is 2.82. The smallest absolute Gasteiger partial charge is 0.224 e. The Balaban J connectivity index is 2.30. The molecular formula is C13H13BrClN3S. The van der Waals surface area contributed by atoms with Gasteiger partial charge in [0.15, 0.2) is 0 Å². The first-order chi connectivity index (χ1) is 9.06. The Labute approximate surface area is 130 Å². The number of anilines is 2. The molecule has 100 valence electrons. The quantitative estimate of drug-likeness (QED) is 0.607. The number of halogens is 2. The molecule has 0 aliphatic heterocycles. The molecule has 2 aromatic rings. The summed E-state index contributed by atoms with van der Waals surface area (Å²) >= 11 is 11.0. The first kappa shape index (κ1) is 14.6. The molecule has 1 N–H and O–H groups in total. The van der Waals surface area contributed by atoms with Gasteiger partial charge in [-0.25, -0.2) is 4.98 Å². The average Bonchev–Trinajstić information content (AvgIpc) is 2.35. The molecule has 1 aromatic heterocycles. The van der Waals surface area contributed by atoms with Gasteiger partial charge in [0.05, 0.1) is 10.2 Å². The second kappa shape index (κ2) is 6.59. The highest BCUT2D eigenvalue weighted by atomic mass is 79.9. The van der Waals surface area contributed by atoms with Crippen molar-refractivity contribution in [1.82, 2.24) is 9.97 Å². The molecule has 1 aromatic carbocycles. The zero-order valence-corrected chi connectivity index (χ0v) is 13.7. The highest BCUT2D eigenvalue weighted by molar-refractivity contribution is 9.10. The van der Waals surface area contributed by atoms with E-state index in [9.17, 15) is 0 Å². The largest absolute Gasteiger partial charge is 0.338 e. The van der Waals surface area contributed by atoms with Gasteiger partial charge in [0.25, 0.3) is 0 Å². The molecule has 0 radical (unpaired) electrons. The van der Waals surface area contributed by atoms with Gasteiger partial charge >= 0.3 is 0 Å². The summed E-state index contributed by atoms with van der Waals surface area (Å²) in [4.78, 5) is 9.27. The third-order valence-electron chi connectivity index (χ3n) is 2.22. The van der Waals surface area contributed by atoms with E-state index in [1.165, 1.54) is 4.90 Å². The molecule has 0 unspecified atom stereocenters. The number of para-hydroxylation sites is 1. The Hall–Kier alpha value is -0.780. The van der Waals surface area contributed by atoms with E-state index in [0.29, 0.717) is 11.1 Å². The summed E-state index contributed by atoms with van der Waals surface area (Å²) in [7, 11) is 0. The summed E-state index contributed by atoms with van der Waals surface area (Å²) < 4.78 is 0.779. The monoisotopic (exact) mass is 357 g/mol. The third kappa shape index (κ3) is 4.09. The van der Waals surface area contributed by atoms with Crippen molar-refractivity contribution in [2.75, 3.05) is 5.32 Å². The normalized spacial score (nSPS) is 10.8. The molecule has 0 fully saturated rings. The minimum absolute atomic E-state index is 0.222. The maximum absolute atomic E-state index is 5.82. The van der Waals surface area contributed by atoms with Crippen LogP contribution in [0.3, 0.4) is 0 Å². The second-order valence-electron chi connectivity index (χ2n) is 4.12. The molecule has 19 heavy (non-hydrogen) atoms. The molecule has 6 heteroatoms. The molecule has 0 aliphatic carbocycles. The number of nitrogens with one attached hydrogen (secondary N) is 1. The van der Waals surface area contributed by atoms with Crippen LogP contribution in [-0.2, 0) is 0 Å². The van der Waals surface area contributed by atoms with Crippen molar-refractivity contribution in [3.63, 3.8) is 0 Å². The standard InChI is InChI=1S/C13H13BrClN3S/c1-8(2)19-11-6-4-3-5-10(11)17-12-9(14)7-16-13(15)18-12/h3-8H,1-2H3,(H,16,17,18). The zero-order valence-electron chi connectivity index (χ0n) is 10.5. The predicted octanol–water partition coefficient (Wildman–Crippen LogP) is 5.14. The summed E-state index contributed by atoms with van der Waals surface area (Å²) in [6.45, 7) is 4.33. The van der Waals surface area contributed by atoms with E-state index in [4.69, 9.17) is 11.6 Å². The first-order valence-electron chi connectivity index (χ1n) is 5.77. The number of hydrogen-bond donors (Lipinski definition) is 1. The Morgan fingerprint density at radius 2 is 2.05 bits per heavy atom. The Kier molecular flexibility index (Phi) is 5.07. The minimum Gasteiger partial charge on any atom is -0.338 e. The summed E-state index contributed by atoms with van der Waals surface area (Å²) in [6.07, 6.45) is 1.63. The minimum atomic E-state index is 0.222. The molecule has 2 rings (SSSR count).